The van der Waals surface area contributed by atoms with Gasteiger partial charge in [-0.25, -0.2) is 9.59 Å². The Morgan fingerprint density at radius 3 is 2.32 bits per heavy atom. The van der Waals surface area contributed by atoms with Crippen LogP contribution in [0.25, 0.3) is 11.1 Å². The van der Waals surface area contributed by atoms with Gasteiger partial charge in [0.15, 0.2) is 0 Å². The topological polar surface area (TPSA) is 95.9 Å². The number of nitrogens with zero attached hydrogens (tertiary/aromatic N) is 1. The van der Waals surface area contributed by atoms with Gasteiger partial charge in [0.25, 0.3) is 0 Å². The summed E-state index contributed by atoms with van der Waals surface area (Å²) in [4.78, 5) is 38.0. The van der Waals surface area contributed by atoms with E-state index in [2.05, 4.69) is 29.6 Å². The quantitative estimate of drug-likeness (QED) is 0.628. The molecule has 1 atom stereocenters. The number of carboxylic acids is 1. The van der Waals surface area contributed by atoms with Gasteiger partial charge in [0.2, 0.25) is 5.91 Å². The lowest BCUT2D eigenvalue weighted by atomic mass is 9.76. The Labute approximate surface area is 199 Å². The van der Waals surface area contributed by atoms with Crippen LogP contribution in [0.15, 0.2) is 60.7 Å². The number of aliphatic carboxylic acids is 1. The van der Waals surface area contributed by atoms with Gasteiger partial charge >= 0.3 is 12.1 Å². The molecule has 1 saturated heterocycles. The number of benzene rings is 2. The Kier molecular flexibility index (Phi) is 6.72. The molecule has 4 rings (SSSR count). The van der Waals surface area contributed by atoms with Gasteiger partial charge in [-0.15, -0.1) is 0 Å². The fraction of sp³-hybridized carbons (Fsp3) is 0.370. The molecule has 2 N–H and O–H groups in total. The van der Waals surface area contributed by atoms with E-state index < -0.39 is 23.5 Å². The third-order valence-corrected chi connectivity index (χ3v) is 6.76. The Bertz CT molecular complexity index is 1080. The lowest BCUT2D eigenvalue weighted by Gasteiger charge is -2.43. The van der Waals surface area contributed by atoms with Crippen LogP contribution in [0.1, 0.15) is 43.7 Å². The van der Waals surface area contributed by atoms with Gasteiger partial charge in [-0.2, -0.15) is 0 Å². The van der Waals surface area contributed by atoms with Crippen molar-refractivity contribution in [1.82, 2.24) is 10.2 Å². The van der Waals surface area contributed by atoms with Gasteiger partial charge in [0.05, 0.1) is 0 Å². The minimum atomic E-state index is -0.997. The molecule has 7 nitrogen and oxygen atoms in total. The second kappa shape index (κ2) is 9.71. The maximum absolute atomic E-state index is 12.6. The van der Waals surface area contributed by atoms with Crippen molar-refractivity contribution in [1.29, 1.82) is 0 Å². The Morgan fingerprint density at radius 1 is 1.09 bits per heavy atom. The minimum Gasteiger partial charge on any atom is -0.480 e. The van der Waals surface area contributed by atoms with Gasteiger partial charge < -0.3 is 20.1 Å². The van der Waals surface area contributed by atoms with Crippen molar-refractivity contribution in [3.8, 4) is 11.1 Å². The smallest absolute Gasteiger partial charge is 0.407 e. The molecule has 1 unspecified atom stereocenters. The van der Waals surface area contributed by atoms with E-state index in [1.807, 2.05) is 38.1 Å². The van der Waals surface area contributed by atoms with Crippen LogP contribution in [0.5, 0.6) is 0 Å². The van der Waals surface area contributed by atoms with Crippen LogP contribution in [0.4, 0.5) is 4.79 Å². The Balaban J connectivity index is 1.30. The predicted octanol–water partition coefficient (Wildman–Crippen LogP) is 4.18. The largest absolute Gasteiger partial charge is 0.480 e. The summed E-state index contributed by atoms with van der Waals surface area (Å²) in [5.41, 5.74) is 4.11. The molecular formula is C27H30N2O5. The highest BCUT2D eigenvalue weighted by molar-refractivity contribution is 5.91. The van der Waals surface area contributed by atoms with Crippen molar-refractivity contribution < 1.29 is 24.2 Å². The standard InChI is InChI=1S/C27H30N2O5/c1-27(2)14-8-16-29(24(27)25(31)32)23(30)13-7-15-28-26(33)34-17-22-20-11-5-3-9-18(20)19-10-4-6-12-21(19)22/h3-7,9-13,22,24H,8,14-17H2,1-2H3,(H,28,33)(H,31,32)/b13-7+. The second-order valence-electron chi connectivity index (χ2n) is 9.47. The highest BCUT2D eigenvalue weighted by Crippen LogP contribution is 2.44. The number of nitrogens with one attached hydrogen (secondary N) is 1. The number of carboxylic acid groups (broad SMARTS) is 1. The molecule has 0 bridgehead atoms. The average molecular weight is 463 g/mol. The highest BCUT2D eigenvalue weighted by atomic mass is 16.5. The van der Waals surface area contributed by atoms with Crippen LogP contribution < -0.4 is 5.32 Å². The average Bonchev–Trinajstić information content (AvgIpc) is 3.13. The summed E-state index contributed by atoms with van der Waals surface area (Å²) in [5, 5.41) is 12.2. The molecule has 1 fully saturated rings. The molecule has 7 heteroatoms. The molecule has 2 aromatic rings. The van der Waals surface area contributed by atoms with Gasteiger partial charge in [-0.05, 0) is 40.5 Å². The third kappa shape index (κ3) is 4.69. The van der Waals surface area contributed by atoms with Crippen LogP contribution in [0.2, 0.25) is 0 Å². The first kappa shape index (κ1) is 23.5. The van der Waals surface area contributed by atoms with Gasteiger partial charge in [-0.1, -0.05) is 68.5 Å². The number of ether oxygens (including phenoxy) is 1. The number of fused-ring (bicyclic) bond motifs is 3. The molecule has 34 heavy (non-hydrogen) atoms. The number of rotatable bonds is 6. The first-order valence-corrected chi connectivity index (χ1v) is 11.6. The van der Waals surface area contributed by atoms with Gasteiger partial charge in [0, 0.05) is 25.1 Å². The Morgan fingerprint density at radius 2 is 1.71 bits per heavy atom. The minimum absolute atomic E-state index is 0.0225. The first-order chi connectivity index (χ1) is 16.3. The number of likely N-dealkylation sites (tertiary alicyclic amines) is 1. The molecular weight excluding hydrogens is 432 g/mol. The van der Waals surface area contributed by atoms with E-state index in [0.717, 1.165) is 35.1 Å². The SMILES string of the molecule is CC1(C)CCCN(C(=O)/C=C/CNC(=O)OCC2c3ccccc3-c3ccccc32)C1C(=O)O. The number of carbonyl (C=O) groups is 3. The maximum atomic E-state index is 12.6. The lowest BCUT2D eigenvalue weighted by Crippen LogP contribution is -2.56. The highest BCUT2D eigenvalue weighted by Gasteiger charge is 2.43. The number of piperidine rings is 1. The Hall–Kier alpha value is -3.61. The summed E-state index contributed by atoms with van der Waals surface area (Å²) in [6.07, 6.45) is 3.78. The summed E-state index contributed by atoms with van der Waals surface area (Å²) in [6.45, 7) is 4.47. The number of hydrogen-bond donors (Lipinski definition) is 2. The fourth-order valence-corrected chi connectivity index (χ4v) is 5.14. The van der Waals surface area contributed by atoms with E-state index in [0.29, 0.717) is 6.54 Å². The predicted molar refractivity (Wildman–Crippen MR) is 128 cm³/mol. The summed E-state index contributed by atoms with van der Waals surface area (Å²) in [7, 11) is 0. The molecule has 2 amide bonds. The van der Waals surface area contributed by atoms with E-state index in [9.17, 15) is 19.5 Å². The van der Waals surface area contributed by atoms with Gasteiger partial charge in [-0.3, -0.25) is 4.79 Å². The molecule has 1 aliphatic carbocycles. The van der Waals surface area contributed by atoms with Crippen molar-refractivity contribution >= 4 is 18.0 Å². The molecule has 2 aliphatic rings. The van der Waals surface area contributed by atoms with Crippen LogP contribution in [-0.2, 0) is 14.3 Å². The maximum Gasteiger partial charge on any atom is 0.407 e. The van der Waals surface area contributed by atoms with Gasteiger partial charge in [0.1, 0.15) is 12.6 Å². The van der Waals surface area contributed by atoms with Crippen molar-refractivity contribution in [3.63, 3.8) is 0 Å². The van der Waals surface area contributed by atoms with E-state index in [1.165, 1.54) is 17.1 Å². The van der Waals surface area contributed by atoms with Crippen molar-refractivity contribution in [2.45, 2.75) is 38.6 Å². The molecule has 2 aromatic carbocycles. The monoisotopic (exact) mass is 462 g/mol. The normalized spacial score (nSPS) is 18.9. The molecule has 0 radical (unpaired) electrons. The van der Waals surface area contributed by atoms with E-state index in [4.69, 9.17) is 4.74 Å². The number of amides is 2. The lowest BCUT2D eigenvalue weighted by molar-refractivity contribution is -0.156. The number of alkyl carbamates (subject to hydrolysis) is 1. The first-order valence-electron chi connectivity index (χ1n) is 11.6. The van der Waals surface area contributed by atoms with E-state index >= 15 is 0 Å². The molecule has 1 heterocycles. The van der Waals surface area contributed by atoms with E-state index in [1.54, 1.807) is 0 Å². The molecule has 178 valence electrons. The molecule has 1 aliphatic heterocycles. The van der Waals surface area contributed by atoms with Crippen molar-refractivity contribution in [2.24, 2.45) is 5.41 Å². The summed E-state index contributed by atoms with van der Waals surface area (Å²) < 4.78 is 5.48. The van der Waals surface area contributed by atoms with Crippen molar-refractivity contribution in [3.05, 3.63) is 71.8 Å². The zero-order valence-electron chi connectivity index (χ0n) is 19.5. The van der Waals surface area contributed by atoms with Crippen LogP contribution >= 0.6 is 0 Å². The fourth-order valence-electron chi connectivity index (χ4n) is 5.14. The third-order valence-electron chi connectivity index (χ3n) is 6.76. The number of carbonyl (C=O) groups excluding carboxylic acids is 2. The zero-order valence-corrected chi connectivity index (χ0v) is 19.5. The summed E-state index contributed by atoms with van der Waals surface area (Å²) >= 11 is 0. The molecule has 0 spiro atoms. The molecule has 0 aromatic heterocycles. The zero-order chi connectivity index (χ0) is 24.3. The van der Waals surface area contributed by atoms with Crippen LogP contribution in [0, 0.1) is 5.41 Å². The van der Waals surface area contributed by atoms with Crippen molar-refractivity contribution in [2.75, 3.05) is 19.7 Å². The van der Waals surface area contributed by atoms with Crippen LogP contribution in [-0.4, -0.2) is 53.7 Å². The van der Waals surface area contributed by atoms with Crippen LogP contribution in [0.3, 0.4) is 0 Å². The summed E-state index contributed by atoms with van der Waals surface area (Å²) in [6, 6.07) is 15.4. The second-order valence-corrected chi connectivity index (χ2v) is 9.47. The van der Waals surface area contributed by atoms with E-state index in [-0.39, 0.29) is 25.0 Å². The molecule has 0 saturated carbocycles. The number of hydrogen-bond acceptors (Lipinski definition) is 4. The summed E-state index contributed by atoms with van der Waals surface area (Å²) in [5.74, 6) is -1.39.